The molecule has 0 radical (unpaired) electrons. The number of para-hydroxylation sites is 1. The number of hydrogen-bond acceptors (Lipinski definition) is 3. The zero-order chi connectivity index (χ0) is 15.5. The van der Waals surface area contributed by atoms with Gasteiger partial charge in [-0.1, -0.05) is 19.1 Å². The van der Waals surface area contributed by atoms with Gasteiger partial charge in [0.2, 0.25) is 5.91 Å². The number of benzene rings is 1. The van der Waals surface area contributed by atoms with E-state index in [2.05, 4.69) is 4.98 Å². The van der Waals surface area contributed by atoms with Crippen molar-refractivity contribution >= 4 is 16.8 Å². The third-order valence-corrected chi connectivity index (χ3v) is 4.37. The molecule has 3 rings (SSSR count). The maximum atomic E-state index is 12.8. The van der Waals surface area contributed by atoms with Crippen molar-refractivity contribution in [1.29, 1.82) is 0 Å². The molecule has 1 amide bonds. The topological polar surface area (TPSA) is 55.2 Å². The van der Waals surface area contributed by atoms with Crippen LogP contribution in [0.3, 0.4) is 0 Å². The molecule has 0 aliphatic carbocycles. The summed E-state index contributed by atoms with van der Waals surface area (Å²) in [6, 6.07) is 6.80. The van der Waals surface area contributed by atoms with Crippen LogP contribution in [-0.4, -0.2) is 33.4 Å². The van der Waals surface area contributed by atoms with Crippen molar-refractivity contribution in [2.45, 2.75) is 38.6 Å². The van der Waals surface area contributed by atoms with Crippen LogP contribution in [0.15, 0.2) is 35.4 Å². The molecule has 2 aromatic rings. The standard InChI is InChI=1S/C17H21N3O2/c1-2-15(17(22)19-10-6-3-7-11-19)20-12-18-14-9-5-4-8-13(14)16(20)21/h4-5,8-9,12,15H,2-3,6-7,10-11H2,1H3/t15-/m1/s1. The molecule has 1 saturated heterocycles. The lowest BCUT2D eigenvalue weighted by Gasteiger charge is -2.30. The van der Waals surface area contributed by atoms with Gasteiger partial charge in [0.05, 0.1) is 17.2 Å². The molecule has 116 valence electrons. The van der Waals surface area contributed by atoms with Crippen molar-refractivity contribution in [3.05, 3.63) is 40.9 Å². The maximum absolute atomic E-state index is 12.8. The van der Waals surface area contributed by atoms with Crippen LogP contribution in [0, 0.1) is 0 Å². The third-order valence-electron chi connectivity index (χ3n) is 4.37. The summed E-state index contributed by atoms with van der Waals surface area (Å²) in [5.74, 6) is 0.0429. The number of aromatic nitrogens is 2. The first-order valence-electron chi connectivity index (χ1n) is 7.97. The Hall–Kier alpha value is -2.17. The predicted molar refractivity (Wildman–Crippen MR) is 85.8 cm³/mol. The van der Waals surface area contributed by atoms with Crippen molar-refractivity contribution < 1.29 is 4.79 Å². The van der Waals surface area contributed by atoms with Crippen molar-refractivity contribution in [3.63, 3.8) is 0 Å². The fourth-order valence-electron chi connectivity index (χ4n) is 3.12. The Balaban J connectivity index is 1.98. The van der Waals surface area contributed by atoms with Crippen LogP contribution in [0.4, 0.5) is 0 Å². The summed E-state index contributed by atoms with van der Waals surface area (Å²) in [5.41, 5.74) is 0.534. The van der Waals surface area contributed by atoms with Gasteiger partial charge in [0.15, 0.2) is 0 Å². The van der Waals surface area contributed by atoms with E-state index in [1.54, 1.807) is 6.07 Å². The van der Waals surface area contributed by atoms with E-state index in [1.165, 1.54) is 17.3 Å². The number of likely N-dealkylation sites (tertiary alicyclic amines) is 1. The van der Waals surface area contributed by atoms with Crippen LogP contribution in [0.1, 0.15) is 38.6 Å². The Morgan fingerprint density at radius 2 is 1.95 bits per heavy atom. The summed E-state index contributed by atoms with van der Waals surface area (Å²) in [4.78, 5) is 31.6. The SMILES string of the molecule is CC[C@H](C(=O)N1CCCCC1)n1cnc2ccccc2c1=O. The molecule has 0 bridgehead atoms. The molecule has 2 heterocycles. The van der Waals surface area contributed by atoms with Gasteiger partial charge < -0.3 is 4.90 Å². The predicted octanol–water partition coefficient (Wildman–Crippen LogP) is 2.36. The summed E-state index contributed by atoms with van der Waals surface area (Å²) in [6.07, 6.45) is 5.38. The molecule has 1 atom stereocenters. The van der Waals surface area contributed by atoms with Gasteiger partial charge in [-0.05, 0) is 37.8 Å². The average Bonchev–Trinajstić information content (AvgIpc) is 2.58. The molecule has 5 nitrogen and oxygen atoms in total. The summed E-state index contributed by atoms with van der Waals surface area (Å²) < 4.78 is 1.50. The number of fused-ring (bicyclic) bond motifs is 1. The first-order valence-corrected chi connectivity index (χ1v) is 7.97. The lowest BCUT2D eigenvalue weighted by molar-refractivity contribution is -0.135. The molecule has 1 fully saturated rings. The third kappa shape index (κ3) is 2.63. The highest BCUT2D eigenvalue weighted by Crippen LogP contribution is 2.18. The number of rotatable bonds is 3. The van der Waals surface area contributed by atoms with Crippen molar-refractivity contribution in [2.24, 2.45) is 0 Å². The molecule has 1 aromatic heterocycles. The van der Waals surface area contributed by atoms with E-state index in [0.29, 0.717) is 17.3 Å². The van der Waals surface area contributed by atoms with Gasteiger partial charge in [0.25, 0.3) is 5.56 Å². The summed E-state index contributed by atoms with van der Waals surface area (Å²) in [5, 5.41) is 0.565. The minimum atomic E-state index is -0.456. The van der Waals surface area contributed by atoms with E-state index >= 15 is 0 Å². The zero-order valence-corrected chi connectivity index (χ0v) is 12.9. The van der Waals surface area contributed by atoms with Crippen LogP contribution in [0.5, 0.6) is 0 Å². The van der Waals surface area contributed by atoms with Gasteiger partial charge in [0.1, 0.15) is 6.04 Å². The lowest BCUT2D eigenvalue weighted by atomic mass is 10.1. The Morgan fingerprint density at radius 1 is 1.23 bits per heavy atom. The summed E-state index contributed by atoms with van der Waals surface area (Å²) in [7, 11) is 0. The lowest BCUT2D eigenvalue weighted by Crippen LogP contribution is -2.42. The van der Waals surface area contributed by atoms with Crippen LogP contribution in [0.2, 0.25) is 0 Å². The molecule has 1 aromatic carbocycles. The molecule has 22 heavy (non-hydrogen) atoms. The number of carbonyl (C=O) groups is 1. The highest BCUT2D eigenvalue weighted by atomic mass is 16.2. The summed E-state index contributed by atoms with van der Waals surface area (Å²) >= 11 is 0. The fraction of sp³-hybridized carbons (Fsp3) is 0.471. The number of piperidine rings is 1. The minimum absolute atomic E-state index is 0.0429. The second kappa shape index (κ2) is 6.30. The molecular weight excluding hydrogens is 278 g/mol. The quantitative estimate of drug-likeness (QED) is 0.874. The van der Waals surface area contributed by atoms with Crippen molar-refractivity contribution in [1.82, 2.24) is 14.5 Å². The van der Waals surface area contributed by atoms with E-state index in [9.17, 15) is 9.59 Å². The zero-order valence-electron chi connectivity index (χ0n) is 12.9. The molecule has 0 N–H and O–H groups in total. The van der Waals surface area contributed by atoms with Gasteiger partial charge in [0, 0.05) is 13.1 Å². The molecule has 0 unspecified atom stereocenters. The van der Waals surface area contributed by atoms with Gasteiger partial charge in [-0.2, -0.15) is 0 Å². The molecule has 1 aliphatic rings. The van der Waals surface area contributed by atoms with E-state index in [-0.39, 0.29) is 11.5 Å². The van der Waals surface area contributed by atoms with E-state index in [0.717, 1.165) is 25.9 Å². The highest BCUT2D eigenvalue weighted by Gasteiger charge is 2.26. The van der Waals surface area contributed by atoms with Crippen molar-refractivity contribution in [2.75, 3.05) is 13.1 Å². The molecular formula is C17H21N3O2. The first-order chi connectivity index (χ1) is 10.7. The fourth-order valence-corrected chi connectivity index (χ4v) is 3.12. The molecule has 0 saturated carbocycles. The average molecular weight is 299 g/mol. The number of carbonyl (C=O) groups excluding carboxylic acids is 1. The van der Waals surface area contributed by atoms with Crippen LogP contribution < -0.4 is 5.56 Å². The van der Waals surface area contributed by atoms with E-state index in [1.807, 2.05) is 30.0 Å². The van der Waals surface area contributed by atoms with Crippen LogP contribution in [0.25, 0.3) is 10.9 Å². The maximum Gasteiger partial charge on any atom is 0.261 e. The Kier molecular flexibility index (Phi) is 4.22. The van der Waals surface area contributed by atoms with Crippen molar-refractivity contribution in [3.8, 4) is 0 Å². The molecule has 0 spiro atoms. The first kappa shape index (κ1) is 14.8. The Labute approximate surface area is 129 Å². The van der Waals surface area contributed by atoms with E-state index in [4.69, 9.17) is 0 Å². The van der Waals surface area contributed by atoms with Gasteiger partial charge in [-0.3, -0.25) is 14.2 Å². The Morgan fingerprint density at radius 3 is 2.68 bits per heavy atom. The molecule has 5 heteroatoms. The van der Waals surface area contributed by atoms with E-state index < -0.39 is 6.04 Å². The minimum Gasteiger partial charge on any atom is -0.341 e. The van der Waals surface area contributed by atoms with Crippen LogP contribution >= 0.6 is 0 Å². The van der Waals surface area contributed by atoms with Crippen LogP contribution in [-0.2, 0) is 4.79 Å². The highest BCUT2D eigenvalue weighted by molar-refractivity contribution is 5.82. The largest absolute Gasteiger partial charge is 0.341 e. The smallest absolute Gasteiger partial charge is 0.261 e. The number of hydrogen-bond donors (Lipinski definition) is 0. The van der Waals surface area contributed by atoms with Gasteiger partial charge >= 0.3 is 0 Å². The Bertz CT molecular complexity index is 732. The monoisotopic (exact) mass is 299 g/mol. The number of nitrogens with zero attached hydrogens (tertiary/aromatic N) is 3. The van der Waals surface area contributed by atoms with Gasteiger partial charge in [-0.25, -0.2) is 4.98 Å². The molecule has 1 aliphatic heterocycles. The second-order valence-electron chi connectivity index (χ2n) is 5.78. The normalized spacial score (nSPS) is 16.7. The summed E-state index contributed by atoms with van der Waals surface area (Å²) in [6.45, 7) is 3.53. The number of amides is 1. The van der Waals surface area contributed by atoms with Gasteiger partial charge in [-0.15, -0.1) is 0 Å². The second-order valence-corrected chi connectivity index (χ2v) is 5.78.